The summed E-state index contributed by atoms with van der Waals surface area (Å²) in [7, 11) is 0. The molecule has 1 aromatic heterocycles. The predicted octanol–water partition coefficient (Wildman–Crippen LogP) is 0.979. The van der Waals surface area contributed by atoms with E-state index in [0.717, 1.165) is 18.9 Å². The molecule has 92 valence electrons. The number of nitrogens with one attached hydrogen (secondary N) is 1. The molecule has 0 saturated carbocycles. The predicted molar refractivity (Wildman–Crippen MR) is 67.5 cm³/mol. The largest absolute Gasteiger partial charge is 0.384 e. The van der Waals surface area contributed by atoms with Crippen molar-refractivity contribution in [2.24, 2.45) is 5.73 Å². The van der Waals surface area contributed by atoms with Gasteiger partial charge in [0.2, 0.25) is 0 Å². The zero-order valence-corrected chi connectivity index (χ0v) is 10.2. The molecule has 1 saturated heterocycles. The summed E-state index contributed by atoms with van der Waals surface area (Å²) in [5, 5.41) is 7.43. The molecule has 1 aliphatic heterocycles. The Hall–Kier alpha value is -1.62. The smallest absolute Gasteiger partial charge is 0.129 e. The number of anilines is 1. The number of hydrogen-bond donors (Lipinski definition) is 2. The van der Waals surface area contributed by atoms with Crippen molar-refractivity contribution in [1.29, 1.82) is 5.41 Å². The van der Waals surface area contributed by atoms with Gasteiger partial charge in [-0.05, 0) is 26.0 Å². The maximum atomic E-state index is 7.43. The third kappa shape index (κ3) is 2.74. The Morgan fingerprint density at radius 1 is 1.47 bits per heavy atom. The average molecular weight is 234 g/mol. The number of pyridine rings is 1. The molecule has 0 aliphatic carbocycles. The Morgan fingerprint density at radius 2 is 2.12 bits per heavy atom. The highest BCUT2D eigenvalue weighted by atomic mass is 16.5. The fraction of sp³-hybridized carbons (Fsp3) is 0.500. The van der Waals surface area contributed by atoms with Crippen molar-refractivity contribution in [3.63, 3.8) is 0 Å². The number of ether oxygens (including phenoxy) is 1. The Balaban J connectivity index is 2.21. The van der Waals surface area contributed by atoms with E-state index in [9.17, 15) is 0 Å². The van der Waals surface area contributed by atoms with Crippen molar-refractivity contribution in [2.45, 2.75) is 26.1 Å². The van der Waals surface area contributed by atoms with Gasteiger partial charge in [-0.1, -0.05) is 0 Å². The van der Waals surface area contributed by atoms with Crippen LogP contribution in [-0.4, -0.2) is 36.1 Å². The van der Waals surface area contributed by atoms with Gasteiger partial charge in [-0.3, -0.25) is 5.41 Å². The summed E-state index contributed by atoms with van der Waals surface area (Å²) in [5.74, 6) is 0.933. The molecule has 2 heterocycles. The van der Waals surface area contributed by atoms with Crippen LogP contribution in [0.4, 0.5) is 5.82 Å². The van der Waals surface area contributed by atoms with Gasteiger partial charge in [0.25, 0.3) is 0 Å². The van der Waals surface area contributed by atoms with Crippen LogP contribution in [0, 0.1) is 5.41 Å². The molecule has 0 amide bonds. The van der Waals surface area contributed by atoms with Crippen molar-refractivity contribution in [3.05, 3.63) is 23.9 Å². The van der Waals surface area contributed by atoms with E-state index in [2.05, 4.69) is 23.7 Å². The summed E-state index contributed by atoms with van der Waals surface area (Å²) in [5.41, 5.74) is 6.19. The van der Waals surface area contributed by atoms with Crippen molar-refractivity contribution in [1.82, 2.24) is 4.98 Å². The fourth-order valence-electron chi connectivity index (χ4n) is 2.12. The van der Waals surface area contributed by atoms with Crippen LogP contribution in [0.1, 0.15) is 19.4 Å². The van der Waals surface area contributed by atoms with Gasteiger partial charge in [-0.15, -0.1) is 0 Å². The Kier molecular flexibility index (Phi) is 3.28. The monoisotopic (exact) mass is 234 g/mol. The second-order valence-electron chi connectivity index (χ2n) is 4.48. The van der Waals surface area contributed by atoms with E-state index in [4.69, 9.17) is 15.9 Å². The van der Waals surface area contributed by atoms with Crippen molar-refractivity contribution in [3.8, 4) is 0 Å². The van der Waals surface area contributed by atoms with Gasteiger partial charge in [-0.2, -0.15) is 0 Å². The van der Waals surface area contributed by atoms with Gasteiger partial charge in [0.05, 0.1) is 12.2 Å². The van der Waals surface area contributed by atoms with Gasteiger partial charge < -0.3 is 15.4 Å². The highest BCUT2D eigenvalue weighted by molar-refractivity contribution is 5.95. The number of nitrogen functional groups attached to an aromatic ring is 1. The number of amidine groups is 1. The van der Waals surface area contributed by atoms with Crippen LogP contribution in [0.15, 0.2) is 18.3 Å². The number of nitrogens with zero attached hydrogens (tertiary/aromatic N) is 2. The number of morpholine rings is 1. The summed E-state index contributed by atoms with van der Waals surface area (Å²) in [6.45, 7) is 5.74. The fourth-order valence-corrected chi connectivity index (χ4v) is 2.12. The third-order valence-corrected chi connectivity index (χ3v) is 2.80. The quantitative estimate of drug-likeness (QED) is 0.591. The summed E-state index contributed by atoms with van der Waals surface area (Å²) in [6.07, 6.45) is 2.08. The zero-order valence-electron chi connectivity index (χ0n) is 10.2. The Morgan fingerprint density at radius 3 is 2.71 bits per heavy atom. The minimum atomic E-state index is 0.0722. The second-order valence-corrected chi connectivity index (χ2v) is 4.48. The highest BCUT2D eigenvalue weighted by Gasteiger charge is 2.23. The van der Waals surface area contributed by atoms with E-state index in [1.54, 1.807) is 12.3 Å². The van der Waals surface area contributed by atoms with E-state index >= 15 is 0 Å². The molecule has 17 heavy (non-hydrogen) atoms. The van der Waals surface area contributed by atoms with Crippen LogP contribution >= 0.6 is 0 Å². The zero-order chi connectivity index (χ0) is 12.4. The summed E-state index contributed by atoms with van der Waals surface area (Å²) in [4.78, 5) is 6.50. The first-order valence-electron chi connectivity index (χ1n) is 5.77. The van der Waals surface area contributed by atoms with Gasteiger partial charge in [0.1, 0.15) is 11.7 Å². The van der Waals surface area contributed by atoms with E-state index in [1.807, 2.05) is 6.07 Å². The Labute approximate surface area is 101 Å². The van der Waals surface area contributed by atoms with Gasteiger partial charge in [-0.25, -0.2) is 4.98 Å². The van der Waals surface area contributed by atoms with Crippen molar-refractivity contribution in [2.75, 3.05) is 18.0 Å². The van der Waals surface area contributed by atoms with Gasteiger partial charge in [0.15, 0.2) is 0 Å². The van der Waals surface area contributed by atoms with Crippen LogP contribution in [-0.2, 0) is 4.74 Å². The minimum absolute atomic E-state index is 0.0722. The molecule has 0 radical (unpaired) electrons. The second kappa shape index (κ2) is 4.71. The molecule has 5 heteroatoms. The lowest BCUT2D eigenvalue weighted by Crippen LogP contribution is -2.45. The standard InChI is InChI=1S/C12H18N4O/c1-8-6-16(7-9(2)17-8)11-5-10(12(13)14)3-4-15-11/h3-5,8-9H,6-7H2,1-2H3,(H3,13,14). The van der Waals surface area contributed by atoms with Gasteiger partial charge in [0, 0.05) is 24.8 Å². The molecule has 0 aromatic carbocycles. The number of nitrogens with two attached hydrogens (primary N) is 1. The SMILES string of the molecule is CC1CN(c2cc(C(=N)N)ccn2)CC(C)O1. The van der Waals surface area contributed by atoms with Crippen molar-refractivity contribution >= 4 is 11.7 Å². The molecular formula is C12H18N4O. The van der Waals surface area contributed by atoms with Crippen LogP contribution in [0.3, 0.4) is 0 Å². The Bertz CT molecular complexity index is 411. The molecule has 2 atom stereocenters. The molecule has 2 rings (SSSR count). The van der Waals surface area contributed by atoms with Crippen LogP contribution in [0.5, 0.6) is 0 Å². The number of rotatable bonds is 2. The van der Waals surface area contributed by atoms with Gasteiger partial charge >= 0.3 is 0 Å². The van der Waals surface area contributed by atoms with Crippen molar-refractivity contribution < 1.29 is 4.74 Å². The summed E-state index contributed by atoms with van der Waals surface area (Å²) < 4.78 is 5.68. The first kappa shape index (κ1) is 11.9. The number of hydrogen-bond acceptors (Lipinski definition) is 4. The maximum absolute atomic E-state index is 7.43. The molecule has 5 nitrogen and oxygen atoms in total. The molecule has 0 bridgehead atoms. The molecule has 1 aliphatic rings. The van der Waals surface area contributed by atoms with E-state index in [0.29, 0.717) is 5.56 Å². The van der Waals surface area contributed by atoms with E-state index in [1.165, 1.54) is 0 Å². The lowest BCUT2D eigenvalue weighted by atomic mass is 10.2. The topological polar surface area (TPSA) is 75.2 Å². The average Bonchev–Trinajstić information content (AvgIpc) is 2.28. The molecule has 1 aromatic rings. The minimum Gasteiger partial charge on any atom is -0.384 e. The normalized spacial score (nSPS) is 24.7. The molecule has 2 unspecified atom stereocenters. The van der Waals surface area contributed by atoms with Crippen LogP contribution < -0.4 is 10.6 Å². The van der Waals surface area contributed by atoms with Crippen LogP contribution in [0.25, 0.3) is 0 Å². The number of aromatic nitrogens is 1. The maximum Gasteiger partial charge on any atom is 0.129 e. The molecule has 1 fully saturated rings. The third-order valence-electron chi connectivity index (χ3n) is 2.80. The summed E-state index contributed by atoms with van der Waals surface area (Å²) >= 11 is 0. The molecule has 0 spiro atoms. The highest BCUT2D eigenvalue weighted by Crippen LogP contribution is 2.18. The van der Waals surface area contributed by atoms with Crippen LogP contribution in [0.2, 0.25) is 0 Å². The lowest BCUT2D eigenvalue weighted by molar-refractivity contribution is -0.00545. The molecular weight excluding hydrogens is 216 g/mol. The first-order chi connectivity index (χ1) is 8.06. The first-order valence-corrected chi connectivity index (χ1v) is 5.77. The summed E-state index contributed by atoms with van der Waals surface area (Å²) in [6, 6.07) is 3.60. The van der Waals surface area contributed by atoms with E-state index in [-0.39, 0.29) is 18.0 Å². The lowest BCUT2D eigenvalue weighted by Gasteiger charge is -2.36. The van der Waals surface area contributed by atoms with E-state index < -0.39 is 0 Å². The molecule has 3 N–H and O–H groups in total.